The van der Waals surface area contributed by atoms with Gasteiger partial charge in [-0.3, -0.25) is 9.59 Å². The van der Waals surface area contributed by atoms with Crippen LogP contribution in [-0.4, -0.2) is 64.2 Å². The molecule has 2 atom stereocenters. The van der Waals surface area contributed by atoms with Crippen molar-refractivity contribution in [3.05, 3.63) is 17.8 Å². The van der Waals surface area contributed by atoms with E-state index in [1.807, 2.05) is 27.7 Å². The van der Waals surface area contributed by atoms with Crippen LogP contribution >= 0.6 is 0 Å². The van der Waals surface area contributed by atoms with Gasteiger partial charge in [0.05, 0.1) is 23.9 Å². The van der Waals surface area contributed by atoms with Crippen molar-refractivity contribution in [2.75, 3.05) is 20.3 Å². The molecule has 1 aromatic heterocycles. The average molecular weight is 489 g/mol. The number of nitrogens with zero attached hydrogens (tertiary/aromatic N) is 2. The number of ether oxygens (including phenoxy) is 2. The van der Waals surface area contributed by atoms with E-state index < -0.39 is 11.1 Å². The van der Waals surface area contributed by atoms with Crippen molar-refractivity contribution < 1.29 is 24.2 Å². The van der Waals surface area contributed by atoms with Crippen molar-refractivity contribution >= 4 is 18.0 Å². The Morgan fingerprint density at radius 1 is 1.29 bits per heavy atom. The highest BCUT2D eigenvalue weighted by molar-refractivity contribution is 5.96. The molecule has 4 aliphatic carbocycles. The van der Waals surface area contributed by atoms with Gasteiger partial charge in [-0.15, -0.1) is 0 Å². The van der Waals surface area contributed by atoms with Gasteiger partial charge in [0.1, 0.15) is 12.2 Å². The summed E-state index contributed by atoms with van der Waals surface area (Å²) < 4.78 is 12.5. The van der Waals surface area contributed by atoms with Gasteiger partial charge in [-0.2, -0.15) is 5.10 Å². The molecule has 2 unspecified atom stereocenters. The lowest BCUT2D eigenvalue weighted by Gasteiger charge is -2.58. The Hall–Kier alpha value is -2.39. The zero-order valence-electron chi connectivity index (χ0n) is 21.5. The van der Waals surface area contributed by atoms with E-state index in [-0.39, 0.29) is 30.4 Å². The molecule has 0 aromatic carbocycles. The van der Waals surface area contributed by atoms with Gasteiger partial charge in [0.2, 0.25) is 11.8 Å². The molecule has 3 N–H and O–H groups in total. The first-order valence-electron chi connectivity index (χ1n) is 12.7. The predicted octanol–water partition coefficient (Wildman–Crippen LogP) is 2.60. The van der Waals surface area contributed by atoms with Gasteiger partial charge in [-0.05, 0) is 75.7 Å². The SMILES string of the molecule is COCC(=O)NC(C)(C)/C=C/n1ncc(C(=O)NC2C3CC4CC2CC(O)(C4)C3)c1OCC(C)C. The van der Waals surface area contributed by atoms with Crippen LogP contribution in [0.1, 0.15) is 70.2 Å². The number of hydrogen-bond acceptors (Lipinski definition) is 6. The summed E-state index contributed by atoms with van der Waals surface area (Å²) in [5.41, 5.74) is -0.797. The monoisotopic (exact) mass is 488 g/mol. The Bertz CT molecular complexity index is 953. The van der Waals surface area contributed by atoms with Crippen LogP contribution in [-0.2, 0) is 9.53 Å². The first-order chi connectivity index (χ1) is 16.5. The molecule has 4 bridgehead atoms. The van der Waals surface area contributed by atoms with Crippen LogP contribution in [0, 0.1) is 23.7 Å². The van der Waals surface area contributed by atoms with Gasteiger partial charge in [0.25, 0.3) is 5.91 Å². The molecule has 5 rings (SSSR count). The van der Waals surface area contributed by atoms with Crippen LogP contribution in [0.2, 0.25) is 0 Å². The number of nitrogens with one attached hydrogen (secondary N) is 2. The predicted molar refractivity (Wildman–Crippen MR) is 132 cm³/mol. The molecular formula is C26H40N4O5. The van der Waals surface area contributed by atoms with Crippen molar-refractivity contribution in [2.45, 2.75) is 77.0 Å². The Morgan fingerprint density at radius 2 is 1.97 bits per heavy atom. The summed E-state index contributed by atoms with van der Waals surface area (Å²) in [6.07, 6.45) is 9.65. The highest BCUT2D eigenvalue weighted by Gasteiger charge is 2.55. The molecule has 4 aliphatic rings. The van der Waals surface area contributed by atoms with Gasteiger partial charge in [-0.1, -0.05) is 13.8 Å². The summed E-state index contributed by atoms with van der Waals surface area (Å²) in [6, 6.07) is 0.0751. The lowest BCUT2D eigenvalue weighted by atomic mass is 9.52. The second-order valence-electron chi connectivity index (χ2n) is 11.7. The van der Waals surface area contributed by atoms with Gasteiger partial charge in [0, 0.05) is 19.4 Å². The van der Waals surface area contributed by atoms with E-state index in [0.717, 1.165) is 32.1 Å². The third kappa shape index (κ3) is 5.89. The number of carbonyl (C=O) groups excluding carboxylic acids is 2. The first kappa shape index (κ1) is 25.7. The molecule has 0 spiro atoms. The van der Waals surface area contributed by atoms with Crippen LogP contribution in [0.25, 0.3) is 6.20 Å². The van der Waals surface area contributed by atoms with Crippen molar-refractivity contribution in [1.82, 2.24) is 20.4 Å². The Balaban J connectivity index is 1.50. The van der Waals surface area contributed by atoms with Gasteiger partial charge in [-0.25, -0.2) is 4.68 Å². The highest BCUT2D eigenvalue weighted by atomic mass is 16.5. The number of methoxy groups -OCH3 is 1. The second-order valence-corrected chi connectivity index (χ2v) is 11.7. The van der Waals surface area contributed by atoms with Crippen LogP contribution in [0.5, 0.6) is 5.88 Å². The molecule has 0 aliphatic heterocycles. The normalized spacial score (nSPS) is 29.7. The van der Waals surface area contributed by atoms with E-state index in [4.69, 9.17) is 9.47 Å². The smallest absolute Gasteiger partial charge is 0.258 e. The van der Waals surface area contributed by atoms with E-state index in [0.29, 0.717) is 35.8 Å². The van der Waals surface area contributed by atoms with Gasteiger partial charge in [0.15, 0.2) is 0 Å². The summed E-state index contributed by atoms with van der Waals surface area (Å²) in [5, 5.41) is 21.4. The third-order valence-corrected chi connectivity index (χ3v) is 7.46. The summed E-state index contributed by atoms with van der Waals surface area (Å²) >= 11 is 0. The highest BCUT2D eigenvalue weighted by Crippen LogP contribution is 2.55. The lowest BCUT2D eigenvalue weighted by molar-refractivity contribution is -0.137. The fourth-order valence-corrected chi connectivity index (χ4v) is 6.27. The fourth-order valence-electron chi connectivity index (χ4n) is 6.27. The minimum absolute atomic E-state index is 0.0204. The van der Waals surface area contributed by atoms with Crippen LogP contribution in [0.15, 0.2) is 12.3 Å². The van der Waals surface area contributed by atoms with E-state index in [2.05, 4.69) is 15.7 Å². The number of rotatable bonds is 10. The lowest BCUT2D eigenvalue weighted by Crippen LogP contribution is -2.61. The van der Waals surface area contributed by atoms with Crippen LogP contribution < -0.4 is 15.4 Å². The van der Waals surface area contributed by atoms with E-state index >= 15 is 0 Å². The Morgan fingerprint density at radius 3 is 2.57 bits per heavy atom. The number of carbonyl (C=O) groups is 2. The zero-order chi connectivity index (χ0) is 25.4. The molecule has 0 radical (unpaired) electrons. The molecule has 9 heteroatoms. The minimum atomic E-state index is -0.653. The number of amides is 2. The molecule has 4 fully saturated rings. The number of aliphatic hydroxyl groups is 1. The third-order valence-electron chi connectivity index (χ3n) is 7.46. The fraction of sp³-hybridized carbons (Fsp3) is 0.731. The maximum atomic E-state index is 13.4. The quantitative estimate of drug-likeness (QED) is 0.466. The summed E-state index contributed by atoms with van der Waals surface area (Å²) in [7, 11) is 1.47. The molecule has 1 aromatic rings. The average Bonchev–Trinajstić information content (AvgIpc) is 3.15. The molecule has 0 saturated heterocycles. The summed E-state index contributed by atoms with van der Waals surface area (Å²) in [5.74, 6) is 1.46. The van der Waals surface area contributed by atoms with Crippen LogP contribution in [0.3, 0.4) is 0 Å². The topological polar surface area (TPSA) is 115 Å². The summed E-state index contributed by atoms with van der Waals surface area (Å²) in [4.78, 5) is 25.3. The van der Waals surface area contributed by atoms with Crippen molar-refractivity contribution in [3.8, 4) is 5.88 Å². The van der Waals surface area contributed by atoms with Crippen molar-refractivity contribution in [1.29, 1.82) is 0 Å². The molecule has 2 amide bonds. The van der Waals surface area contributed by atoms with Gasteiger partial charge >= 0.3 is 0 Å². The molecule has 4 saturated carbocycles. The Labute approximate surface area is 207 Å². The molecule has 9 nitrogen and oxygen atoms in total. The van der Waals surface area contributed by atoms with Crippen molar-refractivity contribution in [3.63, 3.8) is 0 Å². The zero-order valence-corrected chi connectivity index (χ0v) is 21.5. The summed E-state index contributed by atoms with van der Waals surface area (Å²) in [6.45, 7) is 8.24. The first-order valence-corrected chi connectivity index (χ1v) is 12.7. The maximum absolute atomic E-state index is 13.4. The van der Waals surface area contributed by atoms with Gasteiger partial charge < -0.3 is 25.2 Å². The molecular weight excluding hydrogens is 448 g/mol. The second kappa shape index (κ2) is 9.93. The molecule has 35 heavy (non-hydrogen) atoms. The number of hydrogen-bond donors (Lipinski definition) is 3. The minimum Gasteiger partial charge on any atom is -0.477 e. The van der Waals surface area contributed by atoms with Crippen LogP contribution in [0.4, 0.5) is 0 Å². The Kier molecular flexibility index (Phi) is 7.29. The molecule has 1 heterocycles. The molecule has 194 valence electrons. The number of aromatic nitrogens is 2. The van der Waals surface area contributed by atoms with Crippen molar-refractivity contribution in [2.24, 2.45) is 23.7 Å². The van der Waals surface area contributed by atoms with E-state index in [1.165, 1.54) is 13.3 Å². The maximum Gasteiger partial charge on any atom is 0.258 e. The standard InChI is InChI=1S/C26H40N4O5/c1-16(2)14-35-24-20(13-27-30(24)7-6-25(3,4)29-21(31)15-34-5)23(32)28-22-18-8-17-9-19(22)12-26(33,10-17)11-18/h6-7,13,16-19,22,33H,8-12,14-15H2,1-5H3,(H,28,32)(H,29,31)/b7-6+. The van der Waals surface area contributed by atoms with E-state index in [9.17, 15) is 14.7 Å². The van der Waals surface area contributed by atoms with E-state index in [1.54, 1.807) is 17.0 Å². The largest absolute Gasteiger partial charge is 0.477 e.